The fourth-order valence-electron chi connectivity index (χ4n) is 7.07. The highest BCUT2D eigenvalue weighted by Crippen LogP contribution is 2.45. The van der Waals surface area contributed by atoms with E-state index in [-0.39, 0.29) is 9.52 Å². The first kappa shape index (κ1) is 28.9. The summed E-state index contributed by atoms with van der Waals surface area (Å²) in [4.78, 5) is 0. The van der Waals surface area contributed by atoms with E-state index in [1.54, 1.807) is 16.3 Å². The Hall–Kier alpha value is -2.64. The van der Waals surface area contributed by atoms with Crippen molar-refractivity contribution < 1.29 is 0 Å². The molecule has 3 aromatic carbocycles. The molecule has 3 aromatic rings. The zero-order valence-electron chi connectivity index (χ0n) is 26.7. The second-order valence-electron chi connectivity index (χ2n) is 13.9. The smallest absolute Gasteiger partial charge is 0.0556 e. The molecule has 2 unspecified atom stereocenters. The van der Waals surface area contributed by atoms with Gasteiger partial charge in [0.05, 0.1) is 9.52 Å². The van der Waals surface area contributed by atoms with Gasteiger partial charge in [-0.25, -0.2) is 0 Å². The molecule has 0 saturated carbocycles. The third kappa shape index (κ3) is 5.35. The third-order valence-electron chi connectivity index (χ3n) is 9.58. The first-order chi connectivity index (χ1) is 19.0. The molecule has 0 heterocycles. The summed E-state index contributed by atoms with van der Waals surface area (Å²) >= 11 is 0. The van der Waals surface area contributed by atoms with Crippen LogP contribution in [0.4, 0.5) is 0 Å². The lowest BCUT2D eigenvalue weighted by molar-refractivity contribution is 0.818. The van der Waals surface area contributed by atoms with E-state index in [4.69, 9.17) is 0 Å². The van der Waals surface area contributed by atoms with Gasteiger partial charge < -0.3 is 0 Å². The SMILES string of the molecule is CC1=Cc2c(C(C)C)cc(C(C)C)cc2C1C[SiH2]c1ccc(C2C(C)=Cc3c(C(C)C)cc(C(C)C)cc32)cc1. The van der Waals surface area contributed by atoms with Crippen LogP contribution in [0.25, 0.3) is 12.2 Å². The molecular weight excluding hydrogens is 497 g/mol. The van der Waals surface area contributed by atoms with Gasteiger partial charge in [-0.2, -0.15) is 0 Å². The lowest BCUT2D eigenvalue weighted by Gasteiger charge is -2.21. The molecule has 2 aliphatic carbocycles. The average molecular weight is 547 g/mol. The van der Waals surface area contributed by atoms with Crippen molar-refractivity contribution in [3.8, 4) is 0 Å². The van der Waals surface area contributed by atoms with E-state index in [2.05, 4.69) is 130 Å². The maximum Gasteiger partial charge on any atom is 0.0556 e. The summed E-state index contributed by atoms with van der Waals surface area (Å²) in [5.41, 5.74) is 16.6. The highest BCUT2D eigenvalue weighted by molar-refractivity contribution is 6.53. The molecule has 0 spiro atoms. The van der Waals surface area contributed by atoms with Crippen molar-refractivity contribution in [3.63, 3.8) is 0 Å². The normalized spacial score (nSPS) is 18.4. The zero-order valence-corrected chi connectivity index (χ0v) is 28.1. The Morgan fingerprint density at radius 1 is 0.600 bits per heavy atom. The fraction of sp³-hybridized carbons (Fsp3) is 0.436. The molecule has 210 valence electrons. The van der Waals surface area contributed by atoms with Crippen LogP contribution in [-0.4, -0.2) is 9.52 Å². The minimum Gasteiger partial charge on any atom is -0.0669 e. The van der Waals surface area contributed by atoms with E-state index < -0.39 is 0 Å². The second-order valence-corrected chi connectivity index (χ2v) is 15.8. The van der Waals surface area contributed by atoms with Gasteiger partial charge in [0.15, 0.2) is 0 Å². The van der Waals surface area contributed by atoms with E-state index in [1.165, 1.54) is 56.1 Å². The van der Waals surface area contributed by atoms with Gasteiger partial charge in [-0.15, -0.1) is 0 Å². The highest BCUT2D eigenvalue weighted by atomic mass is 28.2. The minimum atomic E-state index is -0.375. The Labute approximate surface area is 246 Å². The summed E-state index contributed by atoms with van der Waals surface area (Å²) in [6.45, 7) is 23.4. The van der Waals surface area contributed by atoms with Crippen molar-refractivity contribution >= 4 is 26.9 Å². The molecule has 0 nitrogen and oxygen atoms in total. The van der Waals surface area contributed by atoms with Crippen molar-refractivity contribution in [2.75, 3.05) is 0 Å². The molecule has 2 atom stereocenters. The van der Waals surface area contributed by atoms with E-state index in [9.17, 15) is 0 Å². The van der Waals surface area contributed by atoms with Crippen LogP contribution in [-0.2, 0) is 0 Å². The summed E-state index contributed by atoms with van der Waals surface area (Å²) in [6.07, 6.45) is 4.96. The van der Waals surface area contributed by atoms with Crippen molar-refractivity contribution in [1.82, 2.24) is 0 Å². The van der Waals surface area contributed by atoms with Crippen LogP contribution in [0.3, 0.4) is 0 Å². The summed E-state index contributed by atoms with van der Waals surface area (Å²) in [6, 6.07) is 21.1. The highest BCUT2D eigenvalue weighted by Gasteiger charge is 2.29. The van der Waals surface area contributed by atoms with Gasteiger partial charge in [0.1, 0.15) is 0 Å². The van der Waals surface area contributed by atoms with Crippen molar-refractivity contribution in [3.05, 3.63) is 110 Å². The molecule has 0 N–H and O–H groups in total. The van der Waals surface area contributed by atoms with Crippen LogP contribution in [0.5, 0.6) is 0 Å². The van der Waals surface area contributed by atoms with Gasteiger partial charge in [-0.3, -0.25) is 0 Å². The van der Waals surface area contributed by atoms with E-state index >= 15 is 0 Å². The van der Waals surface area contributed by atoms with E-state index in [1.807, 2.05) is 0 Å². The molecule has 0 fully saturated rings. The topological polar surface area (TPSA) is 0 Å². The monoisotopic (exact) mass is 546 g/mol. The standard InChI is InChI=1S/C39H50Si/c1-22(2)29-17-32(24(5)6)34-15-26(9)38(36(34)19-29)21-40-31-13-11-28(12-14-31)39-27(10)16-35-33(25(7)8)18-30(23(3)4)20-37(35)39/h11-20,22-25,38-39H,21,40H2,1-10H3. The maximum absolute atomic E-state index is 2.53. The number of rotatable bonds is 8. The van der Waals surface area contributed by atoms with Gasteiger partial charge >= 0.3 is 0 Å². The predicted octanol–water partition coefficient (Wildman–Crippen LogP) is 10.1. The van der Waals surface area contributed by atoms with Crippen molar-refractivity contribution in [1.29, 1.82) is 0 Å². The number of allylic oxidation sites excluding steroid dienone is 2. The molecule has 0 aromatic heterocycles. The number of hydrogen-bond acceptors (Lipinski definition) is 0. The molecule has 1 heteroatoms. The molecule has 0 aliphatic heterocycles. The number of benzene rings is 3. The van der Waals surface area contributed by atoms with Crippen LogP contribution >= 0.6 is 0 Å². The van der Waals surface area contributed by atoms with Gasteiger partial charge in [0, 0.05) is 11.8 Å². The Morgan fingerprint density at radius 3 is 1.62 bits per heavy atom. The van der Waals surface area contributed by atoms with Crippen LogP contribution in [0, 0.1) is 0 Å². The van der Waals surface area contributed by atoms with Crippen LogP contribution in [0.1, 0.15) is 155 Å². The van der Waals surface area contributed by atoms with E-state index in [0.717, 1.165) is 0 Å². The van der Waals surface area contributed by atoms with Gasteiger partial charge in [0.25, 0.3) is 0 Å². The van der Waals surface area contributed by atoms with Gasteiger partial charge in [-0.1, -0.05) is 132 Å². The minimum absolute atomic E-state index is 0.375. The lowest BCUT2D eigenvalue weighted by Crippen LogP contribution is -2.17. The summed E-state index contributed by atoms with van der Waals surface area (Å²) in [5, 5.41) is 1.59. The lowest BCUT2D eigenvalue weighted by atomic mass is 9.84. The average Bonchev–Trinajstić information content (AvgIpc) is 3.40. The Bertz CT molecular complexity index is 1460. The number of hydrogen-bond donors (Lipinski definition) is 0. The largest absolute Gasteiger partial charge is 0.0669 e. The number of fused-ring (bicyclic) bond motifs is 2. The first-order valence-corrected chi connectivity index (χ1v) is 17.5. The Balaban J connectivity index is 1.38. The zero-order chi connectivity index (χ0) is 28.9. The quantitative estimate of drug-likeness (QED) is 0.247. The van der Waals surface area contributed by atoms with Crippen LogP contribution in [0.15, 0.2) is 59.7 Å². The van der Waals surface area contributed by atoms with Crippen molar-refractivity contribution in [2.45, 2.75) is 111 Å². The second kappa shape index (κ2) is 11.3. The van der Waals surface area contributed by atoms with Gasteiger partial charge in [0.2, 0.25) is 0 Å². The Kier molecular flexibility index (Phi) is 8.17. The summed E-state index contributed by atoms with van der Waals surface area (Å²) < 4.78 is 0. The summed E-state index contributed by atoms with van der Waals surface area (Å²) in [7, 11) is -0.375. The molecule has 0 saturated heterocycles. The predicted molar refractivity (Wildman–Crippen MR) is 181 cm³/mol. The first-order valence-electron chi connectivity index (χ1n) is 15.8. The molecular formula is C39H50Si. The third-order valence-corrected chi connectivity index (χ3v) is 11.5. The molecule has 40 heavy (non-hydrogen) atoms. The molecule has 5 rings (SSSR count). The van der Waals surface area contributed by atoms with Crippen LogP contribution < -0.4 is 5.19 Å². The summed E-state index contributed by atoms with van der Waals surface area (Å²) in [5.74, 6) is 3.19. The van der Waals surface area contributed by atoms with Crippen molar-refractivity contribution in [2.24, 2.45) is 0 Å². The van der Waals surface area contributed by atoms with Crippen LogP contribution in [0.2, 0.25) is 6.04 Å². The molecule has 2 aliphatic rings. The molecule has 0 bridgehead atoms. The molecule has 0 radical (unpaired) electrons. The van der Waals surface area contributed by atoms with Gasteiger partial charge in [-0.05, 0) is 93.6 Å². The fourth-order valence-corrected chi connectivity index (χ4v) is 9.03. The maximum atomic E-state index is 2.53. The van der Waals surface area contributed by atoms with E-state index in [0.29, 0.717) is 35.5 Å². The Morgan fingerprint density at radius 2 is 1.10 bits per heavy atom. The molecule has 0 amide bonds.